The summed E-state index contributed by atoms with van der Waals surface area (Å²) in [6.45, 7) is 9.06. The number of thiazole rings is 1. The lowest BCUT2D eigenvalue weighted by atomic mass is 9.86. The van der Waals surface area contributed by atoms with E-state index >= 15 is 0 Å². The van der Waals surface area contributed by atoms with Crippen LogP contribution in [0.2, 0.25) is 0 Å². The number of aryl methyl sites for hydroxylation is 1. The zero-order chi connectivity index (χ0) is 25.2. The number of nitrogens with two attached hydrogens (primary N) is 1. The Hall–Kier alpha value is -2.62. The van der Waals surface area contributed by atoms with E-state index in [-0.39, 0.29) is 31.1 Å². The fraction of sp³-hybridized carbons (Fsp3) is 0.520. The third-order valence-electron chi connectivity index (χ3n) is 6.19. The van der Waals surface area contributed by atoms with E-state index in [1.165, 1.54) is 11.8 Å². The second kappa shape index (κ2) is 10.3. The van der Waals surface area contributed by atoms with Crippen LogP contribution >= 0.6 is 11.3 Å². The molecule has 1 aliphatic heterocycles. The number of ketones is 1. The topological polar surface area (TPSA) is 126 Å². The fourth-order valence-corrected chi connectivity index (χ4v) is 4.92. The highest BCUT2D eigenvalue weighted by atomic mass is 32.1. The number of likely N-dealkylation sites (tertiary alicyclic amines) is 1. The van der Waals surface area contributed by atoms with Gasteiger partial charge in [-0.15, -0.1) is 11.3 Å². The van der Waals surface area contributed by atoms with Crippen LogP contribution in [0.3, 0.4) is 0 Å². The molecule has 8 nitrogen and oxygen atoms in total. The van der Waals surface area contributed by atoms with Crippen LogP contribution in [-0.2, 0) is 14.4 Å². The van der Waals surface area contributed by atoms with Gasteiger partial charge in [-0.3, -0.25) is 14.4 Å². The largest absolute Gasteiger partial charge is 0.391 e. The number of aliphatic hydroxyl groups is 1. The van der Waals surface area contributed by atoms with E-state index in [0.29, 0.717) is 0 Å². The van der Waals surface area contributed by atoms with Gasteiger partial charge in [0, 0.05) is 19.4 Å². The first-order valence-electron chi connectivity index (χ1n) is 11.4. The van der Waals surface area contributed by atoms with Crippen molar-refractivity contribution in [3.05, 3.63) is 41.0 Å². The number of carbonyl (C=O) groups excluding carboxylic acids is 3. The van der Waals surface area contributed by atoms with Gasteiger partial charge in [0.05, 0.1) is 34.3 Å². The van der Waals surface area contributed by atoms with Crippen LogP contribution < -0.4 is 11.1 Å². The summed E-state index contributed by atoms with van der Waals surface area (Å²) < 4.78 is 0. The van der Waals surface area contributed by atoms with Gasteiger partial charge >= 0.3 is 0 Å². The van der Waals surface area contributed by atoms with E-state index in [1.54, 1.807) is 16.8 Å². The number of carbonyl (C=O) groups is 3. The normalized spacial score (nSPS) is 20.1. The van der Waals surface area contributed by atoms with Crippen LogP contribution in [-0.4, -0.2) is 57.3 Å². The number of nitrogens with zero attached hydrogens (tertiary/aromatic N) is 2. The minimum Gasteiger partial charge on any atom is -0.391 e. The van der Waals surface area contributed by atoms with Crippen LogP contribution in [0.4, 0.5) is 0 Å². The summed E-state index contributed by atoms with van der Waals surface area (Å²) >= 11 is 1.56. The summed E-state index contributed by atoms with van der Waals surface area (Å²) in [4.78, 5) is 45.0. The summed E-state index contributed by atoms with van der Waals surface area (Å²) in [5, 5.41) is 13.2. The van der Waals surface area contributed by atoms with Gasteiger partial charge in [-0.1, -0.05) is 45.0 Å². The van der Waals surface area contributed by atoms with Crippen molar-refractivity contribution >= 4 is 28.9 Å². The van der Waals surface area contributed by atoms with E-state index < -0.39 is 35.6 Å². The Labute approximate surface area is 204 Å². The number of amides is 2. The SMILES string of the molecule is CC(=O)C[C@H](NC(=O)[C@@H]1C[C@@H](O)CN1C(=O)[C@@H](N)C(C)(C)C)c1ccc(-c2scnc2C)cc1. The number of β-amino-alcohol motifs (C(OH)–C–C–N with tert-alkyl or cyclic N) is 1. The summed E-state index contributed by atoms with van der Waals surface area (Å²) in [6, 6.07) is 5.49. The minimum absolute atomic E-state index is 0.0565. The van der Waals surface area contributed by atoms with Crippen LogP contribution in [0.15, 0.2) is 29.8 Å². The molecule has 9 heteroatoms. The average Bonchev–Trinajstić information content (AvgIpc) is 3.36. The predicted molar refractivity (Wildman–Crippen MR) is 132 cm³/mol. The Balaban J connectivity index is 1.80. The molecule has 2 heterocycles. The molecule has 4 atom stereocenters. The van der Waals surface area contributed by atoms with Gasteiger partial charge in [0.2, 0.25) is 11.8 Å². The monoisotopic (exact) mass is 486 g/mol. The molecular weight excluding hydrogens is 452 g/mol. The van der Waals surface area contributed by atoms with Crippen LogP contribution in [0.1, 0.15) is 57.8 Å². The molecular formula is C25H34N4O4S. The van der Waals surface area contributed by atoms with Gasteiger partial charge in [-0.25, -0.2) is 4.98 Å². The number of Topliss-reactive ketones (excluding diaryl/α,β-unsaturated/α-hetero) is 1. The van der Waals surface area contributed by atoms with E-state index in [2.05, 4.69) is 10.3 Å². The standard InChI is InChI=1S/C25H34N4O4S/c1-14(30)10-19(16-6-8-17(9-7-16)21-15(2)27-13-34-21)28-23(32)20-11-18(31)12-29(20)24(33)22(26)25(3,4)5/h6-9,13,18-20,22,31H,10-12,26H2,1-5H3,(H,28,32)/t18-,19+,20+,22-/m1/s1. The summed E-state index contributed by atoms with van der Waals surface area (Å²) in [7, 11) is 0. The highest BCUT2D eigenvalue weighted by Gasteiger charge is 2.43. The zero-order valence-corrected chi connectivity index (χ0v) is 21.2. The number of nitrogens with one attached hydrogen (secondary N) is 1. The van der Waals surface area contributed by atoms with E-state index in [9.17, 15) is 19.5 Å². The molecule has 2 amide bonds. The molecule has 34 heavy (non-hydrogen) atoms. The molecule has 1 saturated heterocycles. The number of benzene rings is 1. The maximum absolute atomic E-state index is 13.3. The Morgan fingerprint density at radius 2 is 1.91 bits per heavy atom. The van der Waals surface area contributed by atoms with Crippen molar-refractivity contribution in [2.75, 3.05) is 6.54 Å². The molecule has 0 radical (unpaired) electrons. The Kier molecular flexibility index (Phi) is 7.90. The van der Waals surface area contributed by atoms with Crippen molar-refractivity contribution in [3.63, 3.8) is 0 Å². The number of aliphatic hydroxyl groups excluding tert-OH is 1. The predicted octanol–water partition coefficient (Wildman–Crippen LogP) is 2.59. The third kappa shape index (κ3) is 5.89. The molecule has 2 aromatic rings. The molecule has 1 aromatic heterocycles. The Morgan fingerprint density at radius 3 is 2.44 bits per heavy atom. The number of aromatic nitrogens is 1. The Morgan fingerprint density at radius 1 is 1.26 bits per heavy atom. The smallest absolute Gasteiger partial charge is 0.243 e. The maximum atomic E-state index is 13.3. The number of rotatable bonds is 7. The van der Waals surface area contributed by atoms with Crippen LogP contribution in [0.25, 0.3) is 10.4 Å². The van der Waals surface area contributed by atoms with E-state index in [1.807, 2.05) is 52.0 Å². The number of hydrogen-bond donors (Lipinski definition) is 3. The summed E-state index contributed by atoms with van der Waals surface area (Å²) in [5.41, 5.74) is 10.2. The van der Waals surface area contributed by atoms with Crippen molar-refractivity contribution in [2.24, 2.45) is 11.1 Å². The lowest BCUT2D eigenvalue weighted by Gasteiger charge is -2.33. The molecule has 0 unspecified atom stereocenters. The van der Waals surface area contributed by atoms with Gasteiger partial charge in [0.15, 0.2) is 0 Å². The quantitative estimate of drug-likeness (QED) is 0.552. The van der Waals surface area contributed by atoms with E-state index in [4.69, 9.17) is 5.73 Å². The first-order chi connectivity index (χ1) is 15.9. The highest BCUT2D eigenvalue weighted by Crippen LogP contribution is 2.30. The lowest BCUT2D eigenvalue weighted by molar-refractivity contribution is -0.141. The summed E-state index contributed by atoms with van der Waals surface area (Å²) in [6.07, 6.45) is -0.555. The van der Waals surface area contributed by atoms with Crippen LogP contribution in [0, 0.1) is 12.3 Å². The van der Waals surface area contributed by atoms with Crippen molar-refractivity contribution in [3.8, 4) is 10.4 Å². The molecule has 1 aromatic carbocycles. The first-order valence-corrected chi connectivity index (χ1v) is 12.3. The van der Waals surface area contributed by atoms with Crippen molar-refractivity contribution < 1.29 is 19.5 Å². The van der Waals surface area contributed by atoms with Gasteiger partial charge in [0.25, 0.3) is 0 Å². The van der Waals surface area contributed by atoms with Crippen molar-refractivity contribution in [1.29, 1.82) is 0 Å². The fourth-order valence-electron chi connectivity index (χ4n) is 4.11. The van der Waals surface area contributed by atoms with Gasteiger partial charge in [-0.05, 0) is 30.4 Å². The molecule has 1 aliphatic rings. The van der Waals surface area contributed by atoms with Crippen molar-refractivity contribution in [1.82, 2.24) is 15.2 Å². The van der Waals surface area contributed by atoms with Crippen molar-refractivity contribution in [2.45, 2.75) is 71.7 Å². The first kappa shape index (κ1) is 26.0. The van der Waals surface area contributed by atoms with Gasteiger partial charge in [-0.2, -0.15) is 0 Å². The highest BCUT2D eigenvalue weighted by molar-refractivity contribution is 7.13. The van der Waals surface area contributed by atoms with Gasteiger partial charge in [0.1, 0.15) is 11.8 Å². The molecule has 0 saturated carbocycles. The molecule has 1 fully saturated rings. The molecule has 3 rings (SSSR count). The maximum Gasteiger partial charge on any atom is 0.243 e. The lowest BCUT2D eigenvalue weighted by Crippen LogP contribution is -2.55. The third-order valence-corrected chi connectivity index (χ3v) is 7.17. The molecule has 0 bridgehead atoms. The molecule has 184 valence electrons. The zero-order valence-electron chi connectivity index (χ0n) is 20.4. The molecule has 4 N–H and O–H groups in total. The second-order valence-corrected chi connectivity index (χ2v) is 11.0. The van der Waals surface area contributed by atoms with Gasteiger partial charge < -0.3 is 21.1 Å². The van der Waals surface area contributed by atoms with Crippen LogP contribution in [0.5, 0.6) is 0 Å². The molecule has 0 aliphatic carbocycles. The Bertz CT molecular complexity index is 1040. The summed E-state index contributed by atoms with van der Waals surface area (Å²) in [5.74, 6) is -0.835. The second-order valence-electron chi connectivity index (χ2n) is 10.1. The minimum atomic E-state index is -0.843. The number of hydrogen-bond acceptors (Lipinski definition) is 7. The van der Waals surface area contributed by atoms with E-state index in [0.717, 1.165) is 21.7 Å². The molecule has 0 spiro atoms. The average molecular weight is 487 g/mol.